The molecule has 0 unspecified atom stereocenters. The zero-order chi connectivity index (χ0) is 14.4. The molecule has 2 aromatic rings. The summed E-state index contributed by atoms with van der Waals surface area (Å²) in [6, 6.07) is 10.4. The highest BCUT2D eigenvalue weighted by molar-refractivity contribution is 5.80. The molecule has 0 saturated carbocycles. The van der Waals surface area contributed by atoms with Crippen molar-refractivity contribution in [3.8, 4) is 0 Å². The van der Waals surface area contributed by atoms with E-state index in [0.717, 1.165) is 30.6 Å². The lowest BCUT2D eigenvalue weighted by molar-refractivity contribution is 1.04. The van der Waals surface area contributed by atoms with E-state index in [4.69, 9.17) is 4.99 Å². The van der Waals surface area contributed by atoms with Gasteiger partial charge in [0.05, 0.1) is 17.6 Å². The first-order valence-electron chi connectivity index (χ1n) is 7.38. The van der Waals surface area contributed by atoms with Crippen LogP contribution in [0.5, 0.6) is 0 Å². The highest BCUT2D eigenvalue weighted by Crippen LogP contribution is 2.28. The molecule has 0 aliphatic carbocycles. The number of hydrogen-bond acceptors (Lipinski definition) is 2. The summed E-state index contributed by atoms with van der Waals surface area (Å²) < 4.78 is 0. The molecular weight excluding hydrogens is 244 g/mol. The lowest BCUT2D eigenvalue weighted by Crippen LogP contribution is -1.94. The molecule has 0 saturated heterocycles. The predicted octanol–water partition coefficient (Wildman–Crippen LogP) is 4.52. The second kappa shape index (κ2) is 6.99. The van der Waals surface area contributed by atoms with Crippen molar-refractivity contribution >= 4 is 11.9 Å². The van der Waals surface area contributed by atoms with Crippen LogP contribution in [0.3, 0.4) is 0 Å². The second-order valence-electron chi connectivity index (χ2n) is 4.84. The summed E-state index contributed by atoms with van der Waals surface area (Å²) in [6.07, 6.45) is 6.75. The van der Waals surface area contributed by atoms with Gasteiger partial charge in [-0.2, -0.15) is 0 Å². The van der Waals surface area contributed by atoms with Gasteiger partial charge in [0.2, 0.25) is 0 Å². The largest absolute Gasteiger partial charge is 0.255 e. The minimum atomic E-state index is 0.899. The third-order valence-electron chi connectivity index (χ3n) is 3.51. The smallest absolute Gasteiger partial charge is 0.0812 e. The Kier molecular flexibility index (Phi) is 5.05. The summed E-state index contributed by atoms with van der Waals surface area (Å²) in [5.41, 5.74) is 6.08. The Morgan fingerprint density at radius 2 is 1.70 bits per heavy atom. The van der Waals surface area contributed by atoms with Gasteiger partial charge in [0.25, 0.3) is 0 Å². The van der Waals surface area contributed by atoms with Crippen LogP contribution in [-0.4, -0.2) is 11.2 Å². The van der Waals surface area contributed by atoms with E-state index in [9.17, 15) is 0 Å². The van der Waals surface area contributed by atoms with E-state index in [1.54, 1.807) is 6.20 Å². The van der Waals surface area contributed by atoms with Gasteiger partial charge in [-0.05, 0) is 48.1 Å². The van der Waals surface area contributed by atoms with Gasteiger partial charge in [-0.1, -0.05) is 39.0 Å². The second-order valence-corrected chi connectivity index (χ2v) is 4.84. The van der Waals surface area contributed by atoms with E-state index in [-0.39, 0.29) is 0 Å². The summed E-state index contributed by atoms with van der Waals surface area (Å²) in [4.78, 5) is 9.00. The third-order valence-corrected chi connectivity index (χ3v) is 3.51. The molecule has 0 aliphatic rings. The van der Waals surface area contributed by atoms with Crippen LogP contribution in [0.25, 0.3) is 0 Å². The molecule has 1 aromatic heterocycles. The van der Waals surface area contributed by atoms with E-state index < -0.39 is 0 Å². The summed E-state index contributed by atoms with van der Waals surface area (Å²) in [7, 11) is 0. The van der Waals surface area contributed by atoms with Crippen LogP contribution in [0.15, 0.2) is 41.5 Å². The van der Waals surface area contributed by atoms with E-state index >= 15 is 0 Å². The molecule has 0 fully saturated rings. The maximum Gasteiger partial charge on any atom is 0.0812 e. The molecule has 20 heavy (non-hydrogen) atoms. The van der Waals surface area contributed by atoms with Gasteiger partial charge >= 0.3 is 0 Å². The van der Waals surface area contributed by atoms with Crippen LogP contribution in [0.4, 0.5) is 5.69 Å². The number of pyridine rings is 1. The van der Waals surface area contributed by atoms with Gasteiger partial charge < -0.3 is 0 Å². The topological polar surface area (TPSA) is 25.2 Å². The van der Waals surface area contributed by atoms with E-state index in [1.807, 2.05) is 24.4 Å². The van der Waals surface area contributed by atoms with Gasteiger partial charge in [-0.15, -0.1) is 0 Å². The zero-order valence-electron chi connectivity index (χ0n) is 12.6. The Bertz CT molecular complexity index is 561. The van der Waals surface area contributed by atoms with Gasteiger partial charge in [0, 0.05) is 6.20 Å². The molecule has 2 heteroatoms. The molecule has 2 rings (SSSR count). The fourth-order valence-corrected chi connectivity index (χ4v) is 2.32. The summed E-state index contributed by atoms with van der Waals surface area (Å²) in [5, 5.41) is 0. The van der Waals surface area contributed by atoms with Gasteiger partial charge in [0.15, 0.2) is 0 Å². The van der Waals surface area contributed by atoms with Gasteiger partial charge in [-0.25, -0.2) is 0 Å². The summed E-state index contributed by atoms with van der Waals surface area (Å²) >= 11 is 0. The highest BCUT2D eigenvalue weighted by atomic mass is 14.8. The maximum atomic E-state index is 4.71. The normalized spacial score (nSPS) is 11.2. The van der Waals surface area contributed by atoms with Crippen LogP contribution in [0, 0.1) is 0 Å². The molecule has 2 nitrogen and oxygen atoms in total. The van der Waals surface area contributed by atoms with E-state index in [0.29, 0.717) is 0 Å². The van der Waals surface area contributed by atoms with Crippen LogP contribution in [-0.2, 0) is 19.3 Å². The molecule has 0 spiro atoms. The number of rotatable bonds is 5. The number of nitrogens with zero attached hydrogens (tertiary/aromatic N) is 2. The predicted molar refractivity (Wildman–Crippen MR) is 86.1 cm³/mol. The Labute approximate surface area is 121 Å². The lowest BCUT2D eigenvalue weighted by Gasteiger charge is -2.11. The summed E-state index contributed by atoms with van der Waals surface area (Å²) in [5.74, 6) is 0. The molecule has 1 heterocycles. The molecule has 0 bridgehead atoms. The Morgan fingerprint density at radius 1 is 1.00 bits per heavy atom. The molecule has 0 radical (unpaired) electrons. The van der Waals surface area contributed by atoms with Crippen LogP contribution in [0.1, 0.15) is 43.2 Å². The molecule has 1 aromatic carbocycles. The molecule has 0 atom stereocenters. The maximum absolute atomic E-state index is 4.71. The highest BCUT2D eigenvalue weighted by Gasteiger charge is 2.07. The Morgan fingerprint density at radius 3 is 2.20 bits per heavy atom. The van der Waals surface area contributed by atoms with E-state index in [2.05, 4.69) is 37.9 Å². The average molecular weight is 266 g/mol. The molecule has 0 aliphatic heterocycles. The van der Waals surface area contributed by atoms with Crippen LogP contribution in [0.2, 0.25) is 0 Å². The standard InChI is InChI=1S/C18H22N2/c1-4-14-11-15(5-2)18(16(6-3)12-14)20-13-17-9-7-8-10-19-17/h7-13H,4-6H2,1-3H3. The number of hydrogen-bond donors (Lipinski definition) is 0. The van der Waals surface area contributed by atoms with Crippen molar-refractivity contribution in [2.45, 2.75) is 40.0 Å². The lowest BCUT2D eigenvalue weighted by atomic mass is 9.98. The number of aromatic nitrogens is 1. The molecule has 0 N–H and O–H groups in total. The van der Waals surface area contributed by atoms with E-state index in [1.165, 1.54) is 16.7 Å². The number of aryl methyl sites for hydroxylation is 3. The third kappa shape index (κ3) is 3.32. The Hall–Kier alpha value is -1.96. The van der Waals surface area contributed by atoms with Gasteiger partial charge in [0.1, 0.15) is 0 Å². The van der Waals surface area contributed by atoms with Crippen molar-refractivity contribution in [2.24, 2.45) is 4.99 Å². The first-order chi connectivity index (χ1) is 9.78. The quantitative estimate of drug-likeness (QED) is 0.730. The molecular formula is C18H22N2. The van der Waals surface area contributed by atoms with Crippen molar-refractivity contribution in [3.63, 3.8) is 0 Å². The van der Waals surface area contributed by atoms with Crippen LogP contribution >= 0.6 is 0 Å². The minimum Gasteiger partial charge on any atom is -0.255 e. The molecule has 0 amide bonds. The van der Waals surface area contributed by atoms with Crippen molar-refractivity contribution in [1.29, 1.82) is 0 Å². The van der Waals surface area contributed by atoms with Crippen molar-refractivity contribution in [1.82, 2.24) is 4.98 Å². The minimum absolute atomic E-state index is 0.899. The van der Waals surface area contributed by atoms with Crippen LogP contribution < -0.4 is 0 Å². The number of aliphatic imine (C=N–C) groups is 1. The van der Waals surface area contributed by atoms with Gasteiger partial charge in [-0.3, -0.25) is 9.98 Å². The summed E-state index contributed by atoms with van der Waals surface area (Å²) in [6.45, 7) is 6.58. The van der Waals surface area contributed by atoms with Crippen molar-refractivity contribution in [2.75, 3.05) is 0 Å². The monoisotopic (exact) mass is 266 g/mol. The average Bonchev–Trinajstić information content (AvgIpc) is 2.52. The fourth-order valence-electron chi connectivity index (χ4n) is 2.32. The SMILES string of the molecule is CCc1cc(CC)c(N=Cc2ccccn2)c(CC)c1. The van der Waals surface area contributed by atoms with Crippen molar-refractivity contribution < 1.29 is 0 Å². The van der Waals surface area contributed by atoms with Crippen molar-refractivity contribution in [3.05, 3.63) is 58.9 Å². The Balaban J connectivity index is 2.42. The zero-order valence-corrected chi connectivity index (χ0v) is 12.6. The number of benzene rings is 1. The first kappa shape index (κ1) is 14.4. The fraction of sp³-hybridized carbons (Fsp3) is 0.333. The molecule has 104 valence electrons. The first-order valence-corrected chi connectivity index (χ1v) is 7.38.